The Morgan fingerprint density at radius 2 is 1.98 bits per heavy atom. The lowest BCUT2D eigenvalue weighted by Gasteiger charge is -2.24. The highest BCUT2D eigenvalue weighted by Gasteiger charge is 2.41. The first-order valence-corrected chi connectivity index (χ1v) is 13.0. The van der Waals surface area contributed by atoms with Crippen molar-refractivity contribution in [3.8, 4) is 5.69 Å². The maximum absolute atomic E-state index is 13.2. The molecular formula is C26H29ClF3N8O3+. The quantitative estimate of drug-likeness (QED) is 0.178. The number of nitrogens with one attached hydrogen (secondary N) is 2. The minimum absolute atomic E-state index is 0.0630. The lowest BCUT2D eigenvalue weighted by Crippen LogP contribution is -2.47. The number of aromatic nitrogens is 3. The summed E-state index contributed by atoms with van der Waals surface area (Å²) in [5, 5.41) is 20.0. The summed E-state index contributed by atoms with van der Waals surface area (Å²) in [5.74, 6) is -0.392. The number of aliphatic hydroxyl groups is 1. The van der Waals surface area contributed by atoms with Gasteiger partial charge in [0.2, 0.25) is 5.84 Å². The van der Waals surface area contributed by atoms with Gasteiger partial charge in [-0.3, -0.25) is 10.1 Å². The van der Waals surface area contributed by atoms with E-state index >= 15 is 0 Å². The van der Waals surface area contributed by atoms with E-state index in [4.69, 9.17) is 17.3 Å². The Bertz CT molecular complexity index is 1420. The Morgan fingerprint density at radius 3 is 2.63 bits per heavy atom. The molecule has 11 nitrogen and oxygen atoms in total. The van der Waals surface area contributed by atoms with Gasteiger partial charge in [-0.15, -0.1) is 5.10 Å². The van der Waals surface area contributed by atoms with Crippen molar-refractivity contribution >= 4 is 29.4 Å². The van der Waals surface area contributed by atoms with Crippen LogP contribution < -0.4 is 16.4 Å². The highest BCUT2D eigenvalue weighted by atomic mass is 35.5. The predicted molar refractivity (Wildman–Crippen MR) is 144 cm³/mol. The number of hydrogen-bond donors (Lipinski definition) is 4. The monoisotopic (exact) mass is 593 g/mol. The molecule has 0 aliphatic carbocycles. The lowest BCUT2D eigenvalue weighted by molar-refractivity contribution is -0.455. The van der Waals surface area contributed by atoms with Crippen molar-refractivity contribution in [2.75, 3.05) is 26.7 Å². The van der Waals surface area contributed by atoms with Crippen molar-refractivity contribution in [1.82, 2.24) is 30.3 Å². The SMILES string of the molecule is CN(C(=O)c1ccccc1-n1cnc(CNC(=O)/[N+](C[C@H](O)C(F)(F)F)=C(\N)c2ccc(Cl)cc2)n1)C1CCNC1. The Balaban J connectivity index is 1.52. The van der Waals surface area contributed by atoms with Crippen LogP contribution in [0.1, 0.15) is 28.2 Å². The van der Waals surface area contributed by atoms with E-state index in [1.165, 1.54) is 35.3 Å². The average Bonchev–Trinajstić information content (AvgIpc) is 3.66. The molecule has 2 aromatic carbocycles. The van der Waals surface area contributed by atoms with Crippen LogP contribution in [0.4, 0.5) is 18.0 Å². The molecule has 0 bridgehead atoms. The van der Waals surface area contributed by atoms with Crippen molar-refractivity contribution in [1.29, 1.82) is 0 Å². The first-order chi connectivity index (χ1) is 19.5. The minimum atomic E-state index is -4.98. The summed E-state index contributed by atoms with van der Waals surface area (Å²) in [6.45, 7) is 0.111. The maximum atomic E-state index is 13.2. The molecule has 218 valence electrons. The summed E-state index contributed by atoms with van der Waals surface area (Å²) in [6, 6.07) is 11.7. The second-order valence-corrected chi connectivity index (χ2v) is 9.84. The summed E-state index contributed by atoms with van der Waals surface area (Å²) < 4.78 is 41.3. The van der Waals surface area contributed by atoms with Gasteiger partial charge in [0, 0.05) is 30.2 Å². The van der Waals surface area contributed by atoms with E-state index in [1.807, 2.05) is 0 Å². The number of rotatable bonds is 8. The number of amides is 3. The van der Waals surface area contributed by atoms with Crippen LogP contribution in [0, 0.1) is 0 Å². The fourth-order valence-corrected chi connectivity index (χ4v) is 4.39. The first-order valence-electron chi connectivity index (χ1n) is 12.6. The molecule has 3 amide bonds. The van der Waals surface area contributed by atoms with Crippen LogP contribution in [0.5, 0.6) is 0 Å². The molecule has 0 spiro atoms. The van der Waals surface area contributed by atoms with Crippen molar-refractivity contribution in [3.05, 3.63) is 76.8 Å². The van der Waals surface area contributed by atoms with Gasteiger partial charge < -0.3 is 21.1 Å². The third kappa shape index (κ3) is 7.20. The molecule has 1 fully saturated rings. The number of amidine groups is 1. The van der Waals surface area contributed by atoms with E-state index in [1.54, 1.807) is 36.2 Å². The number of nitrogens with zero attached hydrogens (tertiary/aromatic N) is 5. The lowest BCUT2D eigenvalue weighted by atomic mass is 10.1. The molecule has 1 saturated heterocycles. The van der Waals surface area contributed by atoms with Crippen molar-refractivity contribution in [3.63, 3.8) is 0 Å². The van der Waals surface area contributed by atoms with Gasteiger partial charge in [-0.2, -0.15) is 17.7 Å². The zero-order valence-corrected chi connectivity index (χ0v) is 22.7. The number of urea groups is 1. The fraction of sp³-hybridized carbons (Fsp3) is 0.346. The predicted octanol–water partition coefficient (Wildman–Crippen LogP) is 1.91. The van der Waals surface area contributed by atoms with Crippen molar-refractivity contribution in [2.45, 2.75) is 31.3 Å². The standard InChI is InChI=1S/C26H28ClF3N8O3/c1-36(18-10-11-32-12-18)24(40)19-4-2-3-5-20(19)38-15-34-22(35-38)13-33-25(41)37(14-21(39)26(28,29)30)23(31)16-6-8-17(27)9-7-16/h2-9,15,18,21,31-32,39H,10-14H2,1H3,(H,33,41)/p+1/t18?,21-/m0/s1. The van der Waals surface area contributed by atoms with Gasteiger partial charge in [0.15, 0.2) is 11.9 Å². The van der Waals surface area contributed by atoms with E-state index in [9.17, 15) is 27.9 Å². The maximum Gasteiger partial charge on any atom is 0.436 e. The van der Waals surface area contributed by atoms with Crippen molar-refractivity contribution < 1.29 is 32.4 Å². The normalized spacial score (nSPS) is 16.7. The Hall–Kier alpha value is -4.01. The second kappa shape index (κ2) is 12.7. The number of halogens is 4. The third-order valence-electron chi connectivity index (χ3n) is 6.63. The Labute approximate surface area is 238 Å². The molecule has 4 rings (SSSR count). The van der Waals surface area contributed by atoms with E-state index in [2.05, 4.69) is 20.7 Å². The van der Waals surface area contributed by atoms with Gasteiger partial charge in [-0.25, -0.2) is 14.5 Å². The molecule has 41 heavy (non-hydrogen) atoms. The van der Waals surface area contributed by atoms with Gasteiger partial charge in [0.05, 0.1) is 11.3 Å². The third-order valence-corrected chi connectivity index (χ3v) is 6.88. The van der Waals surface area contributed by atoms with Crippen LogP contribution in [0.3, 0.4) is 0 Å². The molecule has 0 saturated carbocycles. The van der Waals surface area contributed by atoms with Crippen LogP contribution >= 0.6 is 11.6 Å². The van der Waals surface area contributed by atoms with Crippen LogP contribution in [-0.4, -0.2) is 92.1 Å². The molecule has 1 aliphatic heterocycles. The Morgan fingerprint density at radius 1 is 1.27 bits per heavy atom. The summed E-state index contributed by atoms with van der Waals surface area (Å²) in [7, 11) is 1.74. The summed E-state index contributed by atoms with van der Waals surface area (Å²) in [4.78, 5) is 32.1. The van der Waals surface area contributed by atoms with Crippen LogP contribution in [0.2, 0.25) is 5.02 Å². The molecule has 3 aromatic rings. The number of carbonyl (C=O) groups excluding carboxylic acids is 2. The smallest absolute Gasteiger partial charge is 0.381 e. The number of benzene rings is 2. The molecule has 5 N–H and O–H groups in total. The number of para-hydroxylation sites is 1. The van der Waals surface area contributed by atoms with E-state index in [-0.39, 0.29) is 35.7 Å². The molecule has 1 aliphatic rings. The molecular weight excluding hydrogens is 565 g/mol. The number of nitrogens with two attached hydrogens (primary N) is 1. The number of carbonyl (C=O) groups is 2. The van der Waals surface area contributed by atoms with Gasteiger partial charge in [0.1, 0.15) is 19.4 Å². The summed E-state index contributed by atoms with van der Waals surface area (Å²) >= 11 is 5.87. The minimum Gasteiger partial charge on any atom is -0.381 e. The largest absolute Gasteiger partial charge is 0.436 e. The average molecular weight is 594 g/mol. The Kier molecular flexibility index (Phi) is 9.25. The molecule has 0 radical (unpaired) electrons. The number of aliphatic hydroxyl groups excluding tert-OH is 1. The number of alkyl halides is 3. The number of hydrogen-bond acceptors (Lipinski definition) is 6. The van der Waals surface area contributed by atoms with Gasteiger partial charge in [-0.05, 0) is 49.4 Å². The molecule has 2 atom stereocenters. The molecule has 15 heteroatoms. The van der Waals surface area contributed by atoms with Gasteiger partial charge in [-0.1, -0.05) is 23.7 Å². The van der Waals surface area contributed by atoms with Crippen LogP contribution in [0.25, 0.3) is 5.69 Å². The topological polar surface area (TPSA) is 141 Å². The highest BCUT2D eigenvalue weighted by Crippen LogP contribution is 2.21. The fourth-order valence-electron chi connectivity index (χ4n) is 4.27. The number of likely N-dealkylation sites (N-methyl/N-ethyl adjacent to an activating group) is 1. The summed E-state index contributed by atoms with van der Waals surface area (Å²) in [6.07, 6.45) is -5.62. The van der Waals surface area contributed by atoms with Crippen LogP contribution in [0.15, 0.2) is 54.9 Å². The molecule has 1 unspecified atom stereocenters. The van der Waals surface area contributed by atoms with Gasteiger partial charge >= 0.3 is 12.2 Å². The van der Waals surface area contributed by atoms with Gasteiger partial charge in [0.25, 0.3) is 5.91 Å². The van der Waals surface area contributed by atoms with E-state index in [0.717, 1.165) is 13.0 Å². The van der Waals surface area contributed by atoms with E-state index < -0.39 is 24.9 Å². The summed E-state index contributed by atoms with van der Waals surface area (Å²) in [5.41, 5.74) is 7.12. The zero-order valence-electron chi connectivity index (χ0n) is 22.0. The zero-order chi connectivity index (χ0) is 29.7. The highest BCUT2D eigenvalue weighted by molar-refractivity contribution is 6.30. The van der Waals surface area contributed by atoms with E-state index in [0.29, 0.717) is 27.4 Å². The molecule has 2 heterocycles. The first kappa shape index (κ1) is 30.0. The molecule has 1 aromatic heterocycles. The van der Waals surface area contributed by atoms with Crippen molar-refractivity contribution in [2.24, 2.45) is 5.73 Å². The van der Waals surface area contributed by atoms with Crippen LogP contribution in [-0.2, 0) is 6.54 Å². The second-order valence-electron chi connectivity index (χ2n) is 9.40.